The van der Waals surface area contributed by atoms with Crippen molar-refractivity contribution in [1.82, 2.24) is 0 Å². The van der Waals surface area contributed by atoms with Crippen LogP contribution < -0.4 is 4.90 Å². The van der Waals surface area contributed by atoms with Gasteiger partial charge in [0.25, 0.3) is 0 Å². The number of hydrogen-bond acceptors (Lipinski definition) is 1. The number of fused-ring (bicyclic) bond motifs is 20. The zero-order valence-electron chi connectivity index (χ0n) is 38.5. The quantitative estimate of drug-likeness (QED) is 0.159. The lowest BCUT2D eigenvalue weighted by molar-refractivity contribution is 0.661. The van der Waals surface area contributed by atoms with Gasteiger partial charge in [-0.3, -0.25) is 0 Å². The van der Waals surface area contributed by atoms with Crippen LogP contribution in [0.1, 0.15) is 47.2 Å². The fourth-order valence-electron chi connectivity index (χ4n) is 13.3. The van der Waals surface area contributed by atoms with Gasteiger partial charge in [-0.05, 0) is 152 Å². The van der Waals surface area contributed by atoms with Gasteiger partial charge in [-0.15, -0.1) is 0 Å². The van der Waals surface area contributed by atoms with E-state index in [2.05, 4.69) is 255 Å². The van der Waals surface area contributed by atoms with Gasteiger partial charge in [-0.1, -0.05) is 214 Å². The standard InChI is InChI=1S/C68H45N/c1-67(2)59-29-13-9-26-53(59)55-28-17-33-64(66(55)67)69(45-36-37-50-48-22-6-5-20-46(48)47-21-7-8-23-49(47)57(50)39-45)65-41-63-58(40-56(65)44-35-34-42-18-3-4-19-43(42)38-44)54-27-12-16-32-62(54)68(63)60-30-14-10-24-51(60)52-25-11-15-31-61(52)68/h3-41H,1-2H3. The maximum absolute atomic E-state index is 2.64. The van der Waals surface area contributed by atoms with Crippen LogP contribution in [0.4, 0.5) is 17.1 Å². The molecule has 0 N–H and O–H groups in total. The average Bonchev–Trinajstić information content (AvgIpc) is 3.96. The first kappa shape index (κ1) is 38.6. The number of nitrogens with zero attached hydrogens (tertiary/aromatic N) is 1. The highest BCUT2D eigenvalue weighted by atomic mass is 15.1. The molecule has 15 rings (SSSR count). The van der Waals surface area contributed by atoms with E-state index in [-0.39, 0.29) is 5.41 Å². The number of hydrogen-bond donors (Lipinski definition) is 0. The molecule has 0 fully saturated rings. The Balaban J connectivity index is 1.11. The second-order valence-electron chi connectivity index (χ2n) is 19.9. The first-order chi connectivity index (χ1) is 34.0. The minimum absolute atomic E-state index is 0.277. The van der Waals surface area contributed by atoms with Crippen molar-refractivity contribution in [1.29, 1.82) is 0 Å². The van der Waals surface area contributed by atoms with Gasteiger partial charge in [0, 0.05) is 16.7 Å². The molecule has 0 radical (unpaired) electrons. The van der Waals surface area contributed by atoms with Gasteiger partial charge in [0.05, 0.1) is 16.8 Å². The molecular formula is C68H45N. The molecule has 69 heavy (non-hydrogen) atoms. The van der Waals surface area contributed by atoms with Crippen molar-refractivity contribution >= 4 is 60.2 Å². The highest BCUT2D eigenvalue weighted by Gasteiger charge is 2.52. The normalized spacial score (nSPS) is 14.2. The first-order valence-corrected chi connectivity index (χ1v) is 24.3. The number of benzene rings is 12. The van der Waals surface area contributed by atoms with Gasteiger partial charge in [-0.25, -0.2) is 0 Å². The summed E-state index contributed by atoms with van der Waals surface area (Å²) in [5.41, 5.74) is 20.9. The molecule has 0 aromatic heterocycles. The van der Waals surface area contributed by atoms with Crippen molar-refractivity contribution in [3.8, 4) is 44.5 Å². The van der Waals surface area contributed by atoms with Crippen molar-refractivity contribution in [2.75, 3.05) is 4.90 Å². The monoisotopic (exact) mass is 875 g/mol. The number of rotatable bonds is 4. The topological polar surface area (TPSA) is 3.24 Å². The summed E-state index contributed by atoms with van der Waals surface area (Å²) < 4.78 is 0. The second-order valence-corrected chi connectivity index (χ2v) is 19.9. The fraction of sp³-hybridized carbons (Fsp3) is 0.0588. The van der Waals surface area contributed by atoms with E-state index in [4.69, 9.17) is 0 Å². The molecule has 0 amide bonds. The first-order valence-electron chi connectivity index (χ1n) is 24.3. The van der Waals surface area contributed by atoms with Crippen LogP contribution in [-0.2, 0) is 10.8 Å². The summed E-state index contributed by atoms with van der Waals surface area (Å²) in [4.78, 5) is 2.64. The SMILES string of the molecule is CC1(C)c2ccccc2-c2cccc(N(c3ccc4c5ccccc5c5ccccc5c4c3)c3cc4c(cc3-c3ccc5ccccc5c3)-c3ccccc3C43c4ccccc4-c4ccccc43)c21. The van der Waals surface area contributed by atoms with E-state index in [1.165, 1.54) is 127 Å². The molecule has 12 aromatic carbocycles. The predicted octanol–water partition coefficient (Wildman–Crippen LogP) is 18.1. The zero-order valence-corrected chi connectivity index (χ0v) is 38.5. The lowest BCUT2D eigenvalue weighted by atomic mass is 9.70. The molecule has 12 aromatic rings. The predicted molar refractivity (Wildman–Crippen MR) is 290 cm³/mol. The largest absolute Gasteiger partial charge is 0.310 e. The van der Waals surface area contributed by atoms with Crippen LogP contribution in [0.3, 0.4) is 0 Å². The van der Waals surface area contributed by atoms with Crippen LogP contribution in [0.2, 0.25) is 0 Å². The summed E-state index contributed by atoms with van der Waals surface area (Å²) >= 11 is 0. The maximum Gasteiger partial charge on any atom is 0.0726 e. The molecule has 1 heteroatoms. The molecule has 0 aliphatic heterocycles. The summed E-state index contributed by atoms with van der Waals surface area (Å²) in [7, 11) is 0. The molecule has 322 valence electrons. The van der Waals surface area contributed by atoms with Crippen molar-refractivity contribution in [2.45, 2.75) is 24.7 Å². The summed E-state index contributed by atoms with van der Waals surface area (Å²) in [5, 5.41) is 10.1. The van der Waals surface area contributed by atoms with Crippen LogP contribution in [0.15, 0.2) is 237 Å². The van der Waals surface area contributed by atoms with E-state index in [0.29, 0.717) is 0 Å². The molecule has 3 aliphatic rings. The molecule has 1 spiro atoms. The minimum Gasteiger partial charge on any atom is -0.310 e. The van der Waals surface area contributed by atoms with Crippen molar-refractivity contribution in [3.05, 3.63) is 270 Å². The van der Waals surface area contributed by atoms with Crippen molar-refractivity contribution in [3.63, 3.8) is 0 Å². The smallest absolute Gasteiger partial charge is 0.0726 e. The Morgan fingerprint density at radius 3 is 1.42 bits per heavy atom. The third-order valence-electron chi connectivity index (χ3n) is 16.2. The Bertz CT molecular complexity index is 4110. The Labute approximate surface area is 402 Å². The van der Waals surface area contributed by atoms with Gasteiger partial charge in [0.2, 0.25) is 0 Å². The molecule has 1 nitrogen and oxygen atoms in total. The summed E-state index contributed by atoms with van der Waals surface area (Å²) in [6.07, 6.45) is 0. The third kappa shape index (κ3) is 5.09. The molecular weight excluding hydrogens is 831 g/mol. The summed E-state index contributed by atoms with van der Waals surface area (Å²) in [6.45, 7) is 4.84. The molecule has 0 heterocycles. The van der Waals surface area contributed by atoms with Gasteiger partial charge < -0.3 is 4.90 Å². The fourth-order valence-corrected chi connectivity index (χ4v) is 13.3. The summed E-state index contributed by atoms with van der Waals surface area (Å²) in [5.74, 6) is 0. The lowest BCUT2D eigenvalue weighted by Gasteiger charge is -2.35. The highest BCUT2D eigenvalue weighted by molar-refractivity contribution is 6.26. The Morgan fingerprint density at radius 1 is 0.290 bits per heavy atom. The second kappa shape index (κ2) is 14.0. The van der Waals surface area contributed by atoms with Crippen LogP contribution >= 0.6 is 0 Å². The minimum atomic E-state index is -0.520. The van der Waals surface area contributed by atoms with Crippen LogP contribution in [0.25, 0.3) is 87.6 Å². The molecule has 0 saturated carbocycles. The van der Waals surface area contributed by atoms with E-state index in [0.717, 1.165) is 11.4 Å². The molecule has 0 atom stereocenters. The van der Waals surface area contributed by atoms with Gasteiger partial charge in [0.1, 0.15) is 0 Å². The van der Waals surface area contributed by atoms with E-state index < -0.39 is 5.41 Å². The van der Waals surface area contributed by atoms with E-state index in [9.17, 15) is 0 Å². The van der Waals surface area contributed by atoms with Gasteiger partial charge in [0.15, 0.2) is 0 Å². The van der Waals surface area contributed by atoms with E-state index >= 15 is 0 Å². The highest BCUT2D eigenvalue weighted by Crippen LogP contribution is 2.65. The Morgan fingerprint density at radius 2 is 0.783 bits per heavy atom. The average molecular weight is 876 g/mol. The maximum atomic E-state index is 2.64. The van der Waals surface area contributed by atoms with Gasteiger partial charge >= 0.3 is 0 Å². The van der Waals surface area contributed by atoms with E-state index in [1.807, 2.05) is 0 Å². The molecule has 0 saturated heterocycles. The lowest BCUT2D eigenvalue weighted by Crippen LogP contribution is -2.26. The van der Waals surface area contributed by atoms with Crippen LogP contribution in [0.5, 0.6) is 0 Å². The zero-order chi connectivity index (χ0) is 45.6. The van der Waals surface area contributed by atoms with E-state index in [1.54, 1.807) is 0 Å². The van der Waals surface area contributed by atoms with Crippen LogP contribution in [-0.4, -0.2) is 0 Å². The van der Waals surface area contributed by atoms with Crippen LogP contribution in [0, 0.1) is 0 Å². The Kier molecular flexibility index (Phi) is 7.83. The van der Waals surface area contributed by atoms with Crippen molar-refractivity contribution < 1.29 is 0 Å². The number of anilines is 3. The third-order valence-corrected chi connectivity index (χ3v) is 16.2. The van der Waals surface area contributed by atoms with Gasteiger partial charge in [-0.2, -0.15) is 0 Å². The molecule has 3 aliphatic carbocycles. The summed E-state index contributed by atoms with van der Waals surface area (Å²) in [6, 6.07) is 89.7. The Hall–Kier alpha value is -8.52. The molecule has 0 unspecified atom stereocenters. The van der Waals surface area contributed by atoms with Crippen molar-refractivity contribution in [2.24, 2.45) is 0 Å². The molecule has 0 bridgehead atoms.